The maximum atomic E-state index is 12.9. The van der Waals surface area contributed by atoms with Gasteiger partial charge in [-0.25, -0.2) is 4.79 Å². The number of nitrogens with two attached hydrogens (primary N) is 3. The van der Waals surface area contributed by atoms with Crippen molar-refractivity contribution in [1.82, 2.24) is 0 Å². The molecular weight excluding hydrogens is 573 g/mol. The molecule has 1 saturated carbocycles. The maximum Gasteiger partial charge on any atom is 0.416 e. The number of allylic oxidation sites excluding steroid dienone is 2. The highest BCUT2D eigenvalue weighted by Gasteiger charge is 2.39. The van der Waals surface area contributed by atoms with Crippen molar-refractivity contribution in [3.63, 3.8) is 0 Å². The highest BCUT2D eigenvalue weighted by molar-refractivity contribution is 5.88. The fraction of sp³-hybridized carbons (Fsp3) is 0.552. The first-order valence-corrected chi connectivity index (χ1v) is 14.0. The zero-order valence-electron chi connectivity index (χ0n) is 23.7. The predicted octanol–water partition coefficient (Wildman–Crippen LogP) is 1.93. The molecule has 14 heteroatoms. The van der Waals surface area contributed by atoms with Crippen LogP contribution in [-0.4, -0.2) is 70.7 Å². The Balaban J connectivity index is 1.74. The second-order valence-corrected chi connectivity index (χ2v) is 10.3. The van der Waals surface area contributed by atoms with Gasteiger partial charge in [-0.1, -0.05) is 30.4 Å². The summed E-state index contributed by atoms with van der Waals surface area (Å²) < 4.78 is 48.6. The van der Waals surface area contributed by atoms with Gasteiger partial charge < -0.3 is 42.0 Å². The van der Waals surface area contributed by atoms with E-state index in [-0.39, 0.29) is 43.5 Å². The van der Waals surface area contributed by atoms with Crippen molar-refractivity contribution in [3.8, 4) is 5.75 Å². The van der Waals surface area contributed by atoms with Gasteiger partial charge in [0.25, 0.3) is 0 Å². The third kappa shape index (κ3) is 13.2. The number of guanidine groups is 1. The molecule has 1 aliphatic rings. The van der Waals surface area contributed by atoms with E-state index in [1.807, 2.05) is 12.2 Å². The molecule has 0 amide bonds. The molecule has 1 aliphatic carbocycles. The van der Waals surface area contributed by atoms with Crippen LogP contribution in [0.15, 0.2) is 53.6 Å². The molecule has 2 rings (SSSR count). The molecule has 1 aromatic carbocycles. The summed E-state index contributed by atoms with van der Waals surface area (Å²) in [4.78, 5) is 27.6. The maximum absolute atomic E-state index is 12.9. The molecule has 11 nitrogen and oxygen atoms in total. The van der Waals surface area contributed by atoms with Gasteiger partial charge >= 0.3 is 18.1 Å². The lowest BCUT2D eigenvalue weighted by atomic mass is 9.89. The van der Waals surface area contributed by atoms with Crippen LogP contribution < -0.4 is 21.9 Å². The lowest BCUT2D eigenvalue weighted by Crippen LogP contribution is -2.34. The van der Waals surface area contributed by atoms with Crippen molar-refractivity contribution in [1.29, 1.82) is 0 Å². The smallest absolute Gasteiger partial charge is 0.416 e. The van der Waals surface area contributed by atoms with E-state index in [0.717, 1.165) is 12.1 Å². The number of carbonyl (C=O) groups excluding carboxylic acids is 2. The average Bonchev–Trinajstić information content (AvgIpc) is 3.21. The minimum atomic E-state index is -4.51. The first kappa shape index (κ1) is 35.7. The van der Waals surface area contributed by atoms with E-state index < -0.39 is 54.0 Å². The van der Waals surface area contributed by atoms with Crippen LogP contribution >= 0.6 is 0 Å². The van der Waals surface area contributed by atoms with Crippen LogP contribution in [-0.2, 0) is 20.5 Å². The number of nitrogens with zero attached hydrogens (tertiary/aromatic N) is 1. The van der Waals surface area contributed by atoms with Gasteiger partial charge in [0, 0.05) is 25.3 Å². The Labute approximate surface area is 248 Å². The molecule has 0 heterocycles. The number of hydrogen-bond acceptors (Lipinski definition) is 9. The molecule has 1 aromatic rings. The van der Waals surface area contributed by atoms with Crippen LogP contribution in [0, 0.1) is 11.8 Å². The average molecular weight is 615 g/mol. The third-order valence-electron chi connectivity index (χ3n) is 6.86. The highest BCUT2D eigenvalue weighted by Crippen LogP contribution is 2.36. The Morgan fingerprint density at radius 1 is 1.14 bits per heavy atom. The number of unbranched alkanes of at least 4 members (excludes halogenated alkanes) is 1. The van der Waals surface area contributed by atoms with Gasteiger partial charge in [-0.2, -0.15) is 13.2 Å². The van der Waals surface area contributed by atoms with Crippen molar-refractivity contribution in [3.05, 3.63) is 54.1 Å². The molecule has 0 aliphatic heterocycles. The summed E-state index contributed by atoms with van der Waals surface area (Å²) in [6.45, 7) is 0.00785. The summed E-state index contributed by atoms with van der Waals surface area (Å²) in [5.74, 6) is -2.41. The number of rotatable bonds is 16. The molecule has 0 aromatic heterocycles. The zero-order valence-corrected chi connectivity index (χ0v) is 23.7. The van der Waals surface area contributed by atoms with Gasteiger partial charge in [-0.3, -0.25) is 9.79 Å². The van der Waals surface area contributed by atoms with Gasteiger partial charge in [0.2, 0.25) is 0 Å². The number of aliphatic imine (C=N–C) groups is 1. The molecule has 0 bridgehead atoms. The summed E-state index contributed by atoms with van der Waals surface area (Å²) in [7, 11) is 0. The number of ether oxygens (including phenoxy) is 2. The van der Waals surface area contributed by atoms with E-state index in [0.29, 0.717) is 32.2 Å². The largest absolute Gasteiger partial charge is 0.491 e. The van der Waals surface area contributed by atoms with Crippen LogP contribution in [0.3, 0.4) is 0 Å². The monoisotopic (exact) mass is 614 g/mol. The third-order valence-corrected chi connectivity index (χ3v) is 6.86. The minimum absolute atomic E-state index is 0.00733. The summed E-state index contributed by atoms with van der Waals surface area (Å²) >= 11 is 0. The number of hydrogen-bond donors (Lipinski definition) is 6. The van der Waals surface area contributed by atoms with Crippen LogP contribution in [0.4, 0.5) is 13.2 Å². The summed E-state index contributed by atoms with van der Waals surface area (Å²) in [6.07, 6.45) is 1.54. The van der Waals surface area contributed by atoms with Crippen molar-refractivity contribution in [2.24, 2.45) is 34.0 Å². The van der Waals surface area contributed by atoms with Gasteiger partial charge in [-0.05, 0) is 56.2 Å². The highest BCUT2D eigenvalue weighted by atomic mass is 19.4. The molecule has 6 atom stereocenters. The fourth-order valence-electron chi connectivity index (χ4n) is 4.57. The summed E-state index contributed by atoms with van der Waals surface area (Å²) in [5, 5.41) is 31.0. The molecule has 0 unspecified atom stereocenters. The van der Waals surface area contributed by atoms with Gasteiger partial charge in [0.05, 0.1) is 17.8 Å². The first-order valence-electron chi connectivity index (χ1n) is 14.0. The Morgan fingerprint density at radius 3 is 2.58 bits per heavy atom. The van der Waals surface area contributed by atoms with Crippen molar-refractivity contribution >= 4 is 17.9 Å². The van der Waals surface area contributed by atoms with Crippen LogP contribution in [0.5, 0.6) is 5.75 Å². The second kappa shape index (κ2) is 17.6. The van der Waals surface area contributed by atoms with Crippen LogP contribution in [0.25, 0.3) is 0 Å². The van der Waals surface area contributed by atoms with Crippen molar-refractivity contribution in [2.75, 3.05) is 13.2 Å². The predicted molar refractivity (Wildman–Crippen MR) is 152 cm³/mol. The summed E-state index contributed by atoms with van der Waals surface area (Å²) in [5.41, 5.74) is 15.3. The van der Waals surface area contributed by atoms with E-state index in [4.69, 9.17) is 26.7 Å². The van der Waals surface area contributed by atoms with Crippen molar-refractivity contribution in [2.45, 2.75) is 75.5 Å². The van der Waals surface area contributed by atoms with E-state index in [1.54, 1.807) is 6.08 Å². The number of carbonyl (C=O) groups is 2. The van der Waals surface area contributed by atoms with Gasteiger partial charge in [-0.15, -0.1) is 0 Å². The molecule has 0 saturated heterocycles. The lowest BCUT2D eigenvalue weighted by Gasteiger charge is -2.19. The van der Waals surface area contributed by atoms with Crippen LogP contribution in [0.2, 0.25) is 0 Å². The molecule has 0 spiro atoms. The first-order chi connectivity index (χ1) is 20.3. The Kier molecular flexibility index (Phi) is 14.6. The van der Waals surface area contributed by atoms with Crippen molar-refractivity contribution < 1.29 is 47.6 Å². The molecule has 9 N–H and O–H groups in total. The Hall–Kier alpha value is -3.46. The Bertz CT molecular complexity index is 1130. The number of benzene rings is 1. The van der Waals surface area contributed by atoms with Gasteiger partial charge in [0.1, 0.15) is 24.5 Å². The Morgan fingerprint density at radius 2 is 1.88 bits per heavy atom. The topological polar surface area (TPSA) is 204 Å². The van der Waals surface area contributed by atoms with Gasteiger partial charge in [0.15, 0.2) is 5.96 Å². The number of alkyl halides is 3. The fourth-order valence-corrected chi connectivity index (χ4v) is 4.57. The number of esters is 2. The number of halogens is 3. The number of aliphatic hydroxyl groups is 3. The van der Waals surface area contributed by atoms with E-state index >= 15 is 0 Å². The standard InChI is InChI=1S/C29H41F3N4O7/c30-29(31,32)18-7-5-8-20(15-18)42-17-19(37)12-13-22-21(24(38)16-25(22)39)9-3-1-2-4-11-26(40)43-27(41)23(33)10-6-14-36-28(34)35/h1,3,5,7-8,12-13,15,19,21-25,37-39H,2,4,6,9-11,14,16-17,33H2,(H4,34,35,36)/b3-1-,13-12+/t19-,21-,22-,23+,24+,25-/m1/s1. The van der Waals surface area contributed by atoms with Crippen LogP contribution in [0.1, 0.15) is 50.5 Å². The molecule has 0 radical (unpaired) electrons. The molecular formula is C29H41F3N4O7. The molecule has 1 fully saturated rings. The lowest BCUT2D eigenvalue weighted by molar-refractivity contribution is -0.160. The van der Waals surface area contributed by atoms with E-state index in [1.165, 1.54) is 18.2 Å². The van der Waals surface area contributed by atoms with E-state index in [2.05, 4.69) is 4.99 Å². The molecule has 43 heavy (non-hydrogen) atoms. The second-order valence-electron chi connectivity index (χ2n) is 10.3. The SMILES string of the molecule is NC(N)=NCCC[C@H](N)C(=O)OC(=O)CCC/C=C\C[C@@H]1[C@@H](/C=C/[C@@H](O)COc2cccc(C(F)(F)F)c2)[C@H](O)C[C@@H]1O. The summed E-state index contributed by atoms with van der Waals surface area (Å²) in [6, 6.07) is 3.36. The van der Waals surface area contributed by atoms with E-state index in [9.17, 15) is 38.1 Å². The normalized spacial score (nSPS) is 22.0. The quantitative estimate of drug-likeness (QED) is 0.0399. The minimum Gasteiger partial charge on any atom is -0.491 e. The molecule has 240 valence electrons. The zero-order chi connectivity index (χ0) is 32.0. The number of aliphatic hydroxyl groups excluding tert-OH is 3.